The van der Waals surface area contributed by atoms with E-state index < -0.39 is 5.97 Å². The first-order valence-electron chi connectivity index (χ1n) is 10.4. The van der Waals surface area contributed by atoms with Gasteiger partial charge in [-0.05, 0) is 38.0 Å². The Bertz CT molecular complexity index is 1060. The van der Waals surface area contributed by atoms with Crippen molar-refractivity contribution in [2.24, 2.45) is 0 Å². The van der Waals surface area contributed by atoms with Gasteiger partial charge in [0.15, 0.2) is 11.5 Å². The molecule has 0 atom stereocenters. The zero-order valence-electron chi connectivity index (χ0n) is 18.5. The van der Waals surface area contributed by atoms with Crippen molar-refractivity contribution in [3.63, 3.8) is 0 Å². The first kappa shape index (κ1) is 23.3. The van der Waals surface area contributed by atoms with Gasteiger partial charge in [-0.25, -0.2) is 4.79 Å². The molecule has 0 fully saturated rings. The molecule has 168 valence electrons. The van der Waals surface area contributed by atoms with Gasteiger partial charge in [-0.2, -0.15) is 0 Å². The number of amides is 1. The molecular formula is C25H27NO5S. The van der Waals surface area contributed by atoms with Crippen LogP contribution in [0.1, 0.15) is 35.7 Å². The topological polar surface area (TPSA) is 73.9 Å². The van der Waals surface area contributed by atoms with E-state index in [4.69, 9.17) is 14.2 Å². The van der Waals surface area contributed by atoms with Gasteiger partial charge in [-0.15, -0.1) is 11.3 Å². The van der Waals surface area contributed by atoms with E-state index in [2.05, 4.69) is 5.32 Å². The predicted octanol–water partition coefficient (Wildman–Crippen LogP) is 5.71. The molecule has 32 heavy (non-hydrogen) atoms. The molecule has 1 aromatic heterocycles. The Morgan fingerprint density at radius 2 is 1.75 bits per heavy atom. The number of carbonyl (C=O) groups is 2. The van der Waals surface area contributed by atoms with Crippen LogP contribution < -0.4 is 14.8 Å². The van der Waals surface area contributed by atoms with Gasteiger partial charge in [-0.3, -0.25) is 4.79 Å². The number of thiophene rings is 1. The molecule has 3 rings (SSSR count). The summed E-state index contributed by atoms with van der Waals surface area (Å²) in [7, 11) is 1.59. The summed E-state index contributed by atoms with van der Waals surface area (Å²) in [6.45, 7) is 4.40. The standard InChI is InChI=1S/C25H27NO5S/c1-4-30-25(28)23-19(18-13-11-17(2)12-14-18)16-32-24(23)26-22(27)10-7-15-31-21-9-6-5-8-20(21)29-3/h5-6,8-9,11-14,16H,4,7,10,15H2,1-3H3,(H,26,27). The Morgan fingerprint density at radius 3 is 2.44 bits per heavy atom. The van der Waals surface area contributed by atoms with Crippen LogP contribution in [0.25, 0.3) is 11.1 Å². The number of rotatable bonds is 10. The minimum Gasteiger partial charge on any atom is -0.493 e. The summed E-state index contributed by atoms with van der Waals surface area (Å²) in [6, 6.07) is 15.3. The molecule has 0 spiro atoms. The van der Waals surface area contributed by atoms with Crippen molar-refractivity contribution in [3.05, 3.63) is 65.0 Å². The number of aryl methyl sites for hydroxylation is 1. The summed E-state index contributed by atoms with van der Waals surface area (Å²) in [6.07, 6.45) is 0.782. The Labute approximate surface area is 192 Å². The number of methoxy groups -OCH3 is 1. The number of nitrogens with one attached hydrogen (secondary N) is 1. The second kappa shape index (κ2) is 11.3. The molecule has 1 N–H and O–H groups in total. The van der Waals surface area contributed by atoms with Gasteiger partial charge < -0.3 is 19.5 Å². The van der Waals surface area contributed by atoms with Crippen molar-refractivity contribution in [2.45, 2.75) is 26.7 Å². The average molecular weight is 454 g/mol. The SMILES string of the molecule is CCOC(=O)c1c(-c2ccc(C)cc2)csc1NC(=O)CCCOc1ccccc1OC. The van der Waals surface area contributed by atoms with Crippen LogP contribution in [0.4, 0.5) is 5.00 Å². The maximum Gasteiger partial charge on any atom is 0.341 e. The van der Waals surface area contributed by atoms with E-state index >= 15 is 0 Å². The third kappa shape index (κ3) is 5.88. The first-order valence-corrected chi connectivity index (χ1v) is 11.3. The Kier molecular flexibility index (Phi) is 8.27. The molecule has 6 nitrogen and oxygen atoms in total. The summed E-state index contributed by atoms with van der Waals surface area (Å²) in [5, 5.41) is 5.24. The third-order valence-electron chi connectivity index (χ3n) is 4.76. The summed E-state index contributed by atoms with van der Waals surface area (Å²) in [5.74, 6) is 0.662. The van der Waals surface area contributed by atoms with Crippen molar-refractivity contribution in [3.8, 4) is 22.6 Å². The maximum absolute atomic E-state index is 12.6. The number of ether oxygens (including phenoxy) is 3. The van der Waals surface area contributed by atoms with Gasteiger partial charge in [0.1, 0.15) is 10.6 Å². The lowest BCUT2D eigenvalue weighted by atomic mass is 10.0. The number of esters is 1. The fourth-order valence-corrected chi connectivity index (χ4v) is 4.12. The van der Waals surface area contributed by atoms with Gasteiger partial charge in [0.05, 0.1) is 20.3 Å². The highest BCUT2D eigenvalue weighted by molar-refractivity contribution is 7.15. The van der Waals surface area contributed by atoms with Gasteiger partial charge in [-0.1, -0.05) is 42.0 Å². The van der Waals surface area contributed by atoms with Crippen LogP contribution in [-0.4, -0.2) is 32.2 Å². The minimum atomic E-state index is -0.445. The lowest BCUT2D eigenvalue weighted by Gasteiger charge is -2.11. The van der Waals surface area contributed by atoms with Gasteiger partial charge in [0, 0.05) is 17.4 Å². The molecule has 0 saturated heterocycles. The maximum atomic E-state index is 12.6. The minimum absolute atomic E-state index is 0.184. The molecule has 3 aromatic rings. The van der Waals surface area contributed by atoms with Crippen molar-refractivity contribution in [2.75, 3.05) is 25.6 Å². The number of anilines is 1. The fourth-order valence-electron chi connectivity index (χ4n) is 3.14. The van der Waals surface area contributed by atoms with Crippen LogP contribution >= 0.6 is 11.3 Å². The molecule has 0 radical (unpaired) electrons. The Balaban J connectivity index is 1.65. The zero-order chi connectivity index (χ0) is 22.9. The second-order valence-electron chi connectivity index (χ2n) is 7.09. The fraction of sp³-hybridized carbons (Fsp3) is 0.280. The van der Waals surface area contributed by atoms with E-state index in [1.54, 1.807) is 14.0 Å². The van der Waals surface area contributed by atoms with Crippen LogP contribution in [0.15, 0.2) is 53.9 Å². The van der Waals surface area contributed by atoms with E-state index in [9.17, 15) is 9.59 Å². The molecule has 0 unspecified atom stereocenters. The van der Waals surface area contributed by atoms with Crippen molar-refractivity contribution >= 4 is 28.2 Å². The lowest BCUT2D eigenvalue weighted by molar-refractivity contribution is -0.116. The lowest BCUT2D eigenvalue weighted by Crippen LogP contribution is -2.15. The average Bonchev–Trinajstić information content (AvgIpc) is 3.21. The summed E-state index contributed by atoms with van der Waals surface area (Å²) in [4.78, 5) is 25.2. The van der Waals surface area contributed by atoms with Crippen LogP contribution in [0.2, 0.25) is 0 Å². The zero-order valence-corrected chi connectivity index (χ0v) is 19.3. The van der Waals surface area contributed by atoms with Crippen LogP contribution in [0.5, 0.6) is 11.5 Å². The molecule has 0 bridgehead atoms. The van der Waals surface area contributed by atoms with Gasteiger partial charge in [0.2, 0.25) is 5.91 Å². The highest BCUT2D eigenvalue weighted by atomic mass is 32.1. The number of benzene rings is 2. The van der Waals surface area contributed by atoms with Crippen LogP contribution in [-0.2, 0) is 9.53 Å². The van der Waals surface area contributed by atoms with E-state index in [0.717, 1.165) is 16.7 Å². The molecular weight excluding hydrogens is 426 g/mol. The van der Waals surface area contributed by atoms with E-state index in [0.29, 0.717) is 35.1 Å². The third-order valence-corrected chi connectivity index (χ3v) is 5.66. The highest BCUT2D eigenvalue weighted by Crippen LogP contribution is 2.36. The normalized spacial score (nSPS) is 10.5. The van der Waals surface area contributed by atoms with E-state index in [1.165, 1.54) is 11.3 Å². The van der Waals surface area contributed by atoms with Gasteiger partial charge in [0.25, 0.3) is 0 Å². The Morgan fingerprint density at radius 1 is 1.03 bits per heavy atom. The Hall–Kier alpha value is -3.32. The molecule has 1 amide bonds. The number of para-hydroxylation sites is 2. The largest absolute Gasteiger partial charge is 0.493 e. The highest BCUT2D eigenvalue weighted by Gasteiger charge is 2.22. The second-order valence-corrected chi connectivity index (χ2v) is 7.97. The molecule has 2 aromatic carbocycles. The van der Waals surface area contributed by atoms with Crippen molar-refractivity contribution in [1.82, 2.24) is 0 Å². The predicted molar refractivity (Wildman–Crippen MR) is 127 cm³/mol. The number of hydrogen-bond acceptors (Lipinski definition) is 6. The molecule has 0 aliphatic heterocycles. The number of carbonyl (C=O) groups excluding carboxylic acids is 2. The summed E-state index contributed by atoms with van der Waals surface area (Å²) in [5.41, 5.74) is 3.17. The van der Waals surface area contributed by atoms with Crippen LogP contribution in [0.3, 0.4) is 0 Å². The first-order chi connectivity index (χ1) is 15.5. The number of hydrogen-bond donors (Lipinski definition) is 1. The van der Waals surface area contributed by atoms with Crippen LogP contribution in [0, 0.1) is 6.92 Å². The monoisotopic (exact) mass is 453 g/mol. The summed E-state index contributed by atoms with van der Waals surface area (Å²) >= 11 is 1.32. The van der Waals surface area contributed by atoms with E-state index in [-0.39, 0.29) is 18.9 Å². The molecule has 1 heterocycles. The molecule has 0 aliphatic carbocycles. The summed E-state index contributed by atoms with van der Waals surface area (Å²) < 4.78 is 16.2. The van der Waals surface area contributed by atoms with Gasteiger partial charge >= 0.3 is 5.97 Å². The molecule has 0 saturated carbocycles. The quantitative estimate of drug-likeness (QED) is 0.315. The van der Waals surface area contributed by atoms with Crippen molar-refractivity contribution in [1.29, 1.82) is 0 Å². The smallest absolute Gasteiger partial charge is 0.341 e. The van der Waals surface area contributed by atoms with Crippen molar-refractivity contribution < 1.29 is 23.8 Å². The van der Waals surface area contributed by atoms with E-state index in [1.807, 2.05) is 60.8 Å². The molecule has 0 aliphatic rings. The molecule has 7 heteroatoms.